The van der Waals surface area contributed by atoms with E-state index >= 15 is 0 Å². The number of carbonyl (C=O) groups excluding carboxylic acids is 1. The van der Waals surface area contributed by atoms with Gasteiger partial charge in [-0.2, -0.15) is 13.9 Å². The molecule has 0 aliphatic rings. The number of hydrogen-bond donors (Lipinski definition) is 1. The maximum atomic E-state index is 12.5. The number of ether oxygens (including phenoxy) is 1. The van der Waals surface area contributed by atoms with Crippen LogP contribution in [0.15, 0.2) is 60.8 Å². The van der Waals surface area contributed by atoms with E-state index in [0.29, 0.717) is 12.4 Å². The molecule has 140 valence electrons. The number of hydrogen-bond acceptors (Lipinski definition) is 3. The molecule has 5 nitrogen and oxygen atoms in total. The minimum atomic E-state index is -3.00. The van der Waals surface area contributed by atoms with Gasteiger partial charge in [-0.15, -0.1) is 0 Å². The highest BCUT2D eigenvalue weighted by Crippen LogP contribution is 2.22. The summed E-state index contributed by atoms with van der Waals surface area (Å²) < 4.78 is 31.1. The molecule has 0 aliphatic carbocycles. The number of aryl methyl sites for hydroxylation is 1. The summed E-state index contributed by atoms with van der Waals surface area (Å²) in [6.07, 6.45) is 2.53. The summed E-state index contributed by atoms with van der Waals surface area (Å²) >= 11 is 0. The van der Waals surface area contributed by atoms with Gasteiger partial charge in [0.1, 0.15) is 11.6 Å². The van der Waals surface area contributed by atoms with Crippen LogP contribution in [0.3, 0.4) is 0 Å². The maximum absolute atomic E-state index is 12.5. The molecule has 1 aromatic heterocycles. The molecule has 1 N–H and O–H groups in total. The van der Waals surface area contributed by atoms with Crippen LogP contribution >= 0.6 is 0 Å². The van der Waals surface area contributed by atoms with E-state index in [4.69, 9.17) is 0 Å². The fourth-order valence-electron chi connectivity index (χ4n) is 2.65. The molecule has 0 saturated carbocycles. The predicted molar refractivity (Wildman–Crippen MR) is 98.2 cm³/mol. The monoisotopic (exact) mass is 371 g/mol. The van der Waals surface area contributed by atoms with Crippen LogP contribution in [0.5, 0.6) is 5.75 Å². The Labute approximate surface area is 155 Å². The lowest BCUT2D eigenvalue weighted by molar-refractivity contribution is -0.0501. The van der Waals surface area contributed by atoms with Crippen LogP contribution in [0.1, 0.15) is 28.4 Å². The number of para-hydroxylation sites is 1. The molecule has 27 heavy (non-hydrogen) atoms. The maximum Gasteiger partial charge on any atom is 0.387 e. The molecule has 0 aliphatic heterocycles. The summed E-state index contributed by atoms with van der Waals surface area (Å²) in [5.74, 6) is -0.257. The number of anilines is 1. The molecule has 0 spiro atoms. The number of aromatic nitrogens is 2. The lowest BCUT2D eigenvalue weighted by Gasteiger charge is -2.12. The second-order valence-electron chi connectivity index (χ2n) is 5.87. The third-order valence-electron chi connectivity index (χ3n) is 4.07. The van der Waals surface area contributed by atoms with E-state index in [2.05, 4.69) is 34.2 Å². The van der Waals surface area contributed by atoms with Crippen molar-refractivity contribution in [2.75, 3.05) is 5.32 Å². The van der Waals surface area contributed by atoms with E-state index in [1.54, 1.807) is 23.0 Å². The van der Waals surface area contributed by atoms with Gasteiger partial charge in [0.15, 0.2) is 0 Å². The van der Waals surface area contributed by atoms with E-state index in [0.717, 1.165) is 12.0 Å². The van der Waals surface area contributed by atoms with Crippen molar-refractivity contribution in [3.05, 3.63) is 77.5 Å². The SMILES string of the molecule is CCc1ccc(Cn2nccc2NC(=O)c2ccccc2OC(F)F)cc1. The molecule has 0 unspecified atom stereocenters. The van der Waals surface area contributed by atoms with Crippen molar-refractivity contribution >= 4 is 11.7 Å². The lowest BCUT2D eigenvalue weighted by atomic mass is 10.1. The van der Waals surface area contributed by atoms with Crippen molar-refractivity contribution in [1.29, 1.82) is 0 Å². The van der Waals surface area contributed by atoms with Crippen molar-refractivity contribution in [2.45, 2.75) is 26.5 Å². The van der Waals surface area contributed by atoms with E-state index in [1.165, 1.54) is 23.8 Å². The van der Waals surface area contributed by atoms with Crippen LogP contribution in [-0.2, 0) is 13.0 Å². The Morgan fingerprint density at radius 1 is 1.11 bits per heavy atom. The summed E-state index contributed by atoms with van der Waals surface area (Å²) in [4.78, 5) is 12.5. The summed E-state index contributed by atoms with van der Waals surface area (Å²) in [5, 5.41) is 6.92. The number of amides is 1. The highest BCUT2D eigenvalue weighted by Gasteiger charge is 2.17. The molecule has 2 aromatic carbocycles. The van der Waals surface area contributed by atoms with Gasteiger partial charge in [0.25, 0.3) is 5.91 Å². The zero-order chi connectivity index (χ0) is 19.2. The number of nitrogens with zero attached hydrogens (tertiary/aromatic N) is 2. The second kappa shape index (κ2) is 8.44. The van der Waals surface area contributed by atoms with Crippen LogP contribution in [0.25, 0.3) is 0 Å². The van der Waals surface area contributed by atoms with Gasteiger partial charge in [0.2, 0.25) is 0 Å². The van der Waals surface area contributed by atoms with Gasteiger partial charge in [-0.25, -0.2) is 4.68 Å². The number of alkyl halides is 2. The van der Waals surface area contributed by atoms with Gasteiger partial charge in [-0.3, -0.25) is 4.79 Å². The zero-order valence-electron chi connectivity index (χ0n) is 14.7. The molecular formula is C20H19F2N3O2. The standard InChI is InChI=1S/C20H19F2N3O2/c1-2-14-7-9-15(10-8-14)13-25-18(11-12-23-25)24-19(26)16-5-3-4-6-17(16)27-20(21)22/h3-12,20H,2,13H2,1H3,(H,24,26). The molecule has 1 heterocycles. The normalized spacial score (nSPS) is 10.8. The van der Waals surface area contributed by atoms with Gasteiger partial charge >= 0.3 is 6.61 Å². The third-order valence-corrected chi connectivity index (χ3v) is 4.07. The van der Waals surface area contributed by atoms with Gasteiger partial charge in [-0.05, 0) is 29.7 Å². The van der Waals surface area contributed by atoms with E-state index in [9.17, 15) is 13.6 Å². The van der Waals surface area contributed by atoms with E-state index in [-0.39, 0.29) is 11.3 Å². The Kier molecular flexibility index (Phi) is 5.80. The van der Waals surface area contributed by atoms with Gasteiger partial charge in [0, 0.05) is 6.07 Å². The lowest BCUT2D eigenvalue weighted by Crippen LogP contribution is -2.18. The summed E-state index contributed by atoms with van der Waals surface area (Å²) in [6.45, 7) is -0.441. The fourth-order valence-corrected chi connectivity index (χ4v) is 2.65. The average molecular weight is 371 g/mol. The minimum absolute atomic E-state index is 0.0258. The third kappa shape index (κ3) is 4.69. The Bertz CT molecular complexity index is 908. The Balaban J connectivity index is 1.75. The van der Waals surface area contributed by atoms with Gasteiger partial charge in [-0.1, -0.05) is 43.3 Å². The average Bonchev–Trinajstić information content (AvgIpc) is 3.09. The molecule has 1 amide bonds. The summed E-state index contributed by atoms with van der Waals surface area (Å²) in [7, 11) is 0. The van der Waals surface area contributed by atoms with Crippen molar-refractivity contribution in [1.82, 2.24) is 9.78 Å². The highest BCUT2D eigenvalue weighted by molar-refractivity contribution is 6.05. The van der Waals surface area contributed by atoms with Crippen molar-refractivity contribution in [3.8, 4) is 5.75 Å². The molecule has 0 radical (unpaired) electrons. The van der Waals surface area contributed by atoms with Crippen molar-refractivity contribution in [3.63, 3.8) is 0 Å². The second-order valence-corrected chi connectivity index (χ2v) is 5.87. The first-order valence-electron chi connectivity index (χ1n) is 8.51. The minimum Gasteiger partial charge on any atom is -0.434 e. The number of nitrogens with one attached hydrogen (secondary N) is 1. The molecule has 0 bridgehead atoms. The zero-order valence-corrected chi connectivity index (χ0v) is 14.7. The molecular weight excluding hydrogens is 352 g/mol. The molecule has 3 rings (SSSR count). The first-order chi connectivity index (χ1) is 13.1. The van der Waals surface area contributed by atoms with Crippen LogP contribution in [-0.4, -0.2) is 22.3 Å². The van der Waals surface area contributed by atoms with Crippen LogP contribution < -0.4 is 10.1 Å². The van der Waals surface area contributed by atoms with Crippen LogP contribution in [0.4, 0.5) is 14.6 Å². The van der Waals surface area contributed by atoms with Crippen LogP contribution in [0.2, 0.25) is 0 Å². The van der Waals surface area contributed by atoms with Gasteiger partial charge < -0.3 is 10.1 Å². The molecule has 0 saturated heterocycles. The topological polar surface area (TPSA) is 56.2 Å². The van der Waals surface area contributed by atoms with E-state index in [1.807, 2.05) is 12.1 Å². The molecule has 3 aromatic rings. The molecule has 7 heteroatoms. The van der Waals surface area contributed by atoms with Crippen molar-refractivity contribution < 1.29 is 18.3 Å². The largest absolute Gasteiger partial charge is 0.434 e. The summed E-state index contributed by atoms with van der Waals surface area (Å²) in [5.41, 5.74) is 2.30. The fraction of sp³-hybridized carbons (Fsp3) is 0.200. The number of rotatable bonds is 7. The number of benzene rings is 2. The Morgan fingerprint density at radius 3 is 2.52 bits per heavy atom. The van der Waals surface area contributed by atoms with Crippen LogP contribution in [0, 0.1) is 0 Å². The number of halogens is 2. The Morgan fingerprint density at radius 2 is 1.81 bits per heavy atom. The summed E-state index contributed by atoms with van der Waals surface area (Å²) in [6, 6.07) is 15.6. The first kappa shape index (κ1) is 18.6. The number of carbonyl (C=O) groups is 1. The predicted octanol–water partition coefficient (Wildman–Crippen LogP) is 4.35. The molecule has 0 atom stereocenters. The molecule has 0 fully saturated rings. The van der Waals surface area contributed by atoms with Crippen molar-refractivity contribution in [2.24, 2.45) is 0 Å². The first-order valence-corrected chi connectivity index (χ1v) is 8.51. The van der Waals surface area contributed by atoms with Gasteiger partial charge in [0.05, 0.1) is 18.3 Å². The quantitative estimate of drug-likeness (QED) is 0.672. The Hall–Kier alpha value is -3.22. The van der Waals surface area contributed by atoms with E-state index < -0.39 is 12.5 Å². The smallest absolute Gasteiger partial charge is 0.387 e. The highest BCUT2D eigenvalue weighted by atomic mass is 19.3.